The lowest BCUT2D eigenvalue weighted by Crippen LogP contribution is -2.30. The molecule has 0 radical (unpaired) electrons. The maximum Gasteiger partial charge on any atom is 0.283 e. The zero-order valence-electron chi connectivity index (χ0n) is 18.1. The number of rotatable bonds is 9. The van der Waals surface area contributed by atoms with Crippen LogP contribution in [0.15, 0.2) is 59.2 Å². The maximum atomic E-state index is 13.2. The van der Waals surface area contributed by atoms with Gasteiger partial charge in [-0.05, 0) is 42.3 Å². The summed E-state index contributed by atoms with van der Waals surface area (Å²) in [4.78, 5) is 19.4. The molecule has 0 aliphatic carbocycles. The van der Waals surface area contributed by atoms with Crippen LogP contribution >= 0.6 is 11.8 Å². The highest BCUT2D eigenvalue weighted by Gasteiger charge is 2.32. The third-order valence-electron chi connectivity index (χ3n) is 4.48. The van der Waals surface area contributed by atoms with Crippen LogP contribution < -0.4 is 19.1 Å². The smallest absolute Gasteiger partial charge is 0.283 e. The van der Waals surface area contributed by atoms with E-state index in [1.807, 2.05) is 36.4 Å². The van der Waals surface area contributed by atoms with Crippen LogP contribution in [0.5, 0.6) is 11.5 Å². The van der Waals surface area contributed by atoms with E-state index in [9.17, 15) is 13.2 Å². The summed E-state index contributed by atoms with van der Waals surface area (Å²) in [6, 6.07) is 14.6. The molecule has 2 aromatic rings. The van der Waals surface area contributed by atoms with Crippen molar-refractivity contribution in [1.82, 2.24) is 4.72 Å². The fraction of sp³-hybridized carbons (Fsp3) is 0.273. The van der Waals surface area contributed by atoms with Gasteiger partial charge in [-0.2, -0.15) is 0 Å². The average Bonchev–Trinajstić information content (AvgIpc) is 3.08. The monoisotopic (exact) mass is 475 g/mol. The van der Waals surface area contributed by atoms with E-state index >= 15 is 0 Å². The number of amidine groups is 1. The SMILES string of the molecule is COc1ccc(/C=C2\N=C(SCCCNS(C)(=O)=O)N(c3cccc(OC)c3)C2=O)cc1. The Bertz CT molecular complexity index is 1130. The molecule has 32 heavy (non-hydrogen) atoms. The Morgan fingerprint density at radius 3 is 2.47 bits per heavy atom. The van der Waals surface area contributed by atoms with E-state index < -0.39 is 10.0 Å². The molecule has 0 fully saturated rings. The molecule has 0 saturated carbocycles. The minimum absolute atomic E-state index is 0.245. The van der Waals surface area contributed by atoms with Crippen molar-refractivity contribution in [2.45, 2.75) is 6.42 Å². The van der Waals surface area contributed by atoms with Gasteiger partial charge in [-0.25, -0.2) is 18.1 Å². The fourth-order valence-corrected chi connectivity index (χ4v) is 4.39. The topological polar surface area (TPSA) is 97.3 Å². The zero-order chi connectivity index (χ0) is 23.1. The molecule has 1 aliphatic rings. The molecule has 0 aromatic heterocycles. The Hall–Kier alpha value is -2.82. The van der Waals surface area contributed by atoms with Gasteiger partial charge in [-0.15, -0.1) is 0 Å². The van der Waals surface area contributed by atoms with E-state index in [2.05, 4.69) is 9.71 Å². The number of nitrogens with one attached hydrogen (secondary N) is 1. The number of hydrogen-bond acceptors (Lipinski definition) is 7. The Kier molecular flexibility index (Phi) is 7.94. The lowest BCUT2D eigenvalue weighted by atomic mass is 10.2. The second-order valence-electron chi connectivity index (χ2n) is 6.91. The summed E-state index contributed by atoms with van der Waals surface area (Å²) in [6.07, 6.45) is 3.45. The van der Waals surface area contributed by atoms with Crippen LogP contribution in [0.3, 0.4) is 0 Å². The summed E-state index contributed by atoms with van der Waals surface area (Å²) in [7, 11) is -0.0639. The lowest BCUT2D eigenvalue weighted by Gasteiger charge is -2.18. The quantitative estimate of drug-likeness (QED) is 0.442. The Morgan fingerprint density at radius 2 is 1.81 bits per heavy atom. The fourth-order valence-electron chi connectivity index (χ4n) is 2.92. The molecule has 0 bridgehead atoms. The molecule has 8 nitrogen and oxygen atoms in total. The Balaban J connectivity index is 1.83. The van der Waals surface area contributed by atoms with Gasteiger partial charge >= 0.3 is 0 Å². The minimum Gasteiger partial charge on any atom is -0.497 e. The lowest BCUT2D eigenvalue weighted by molar-refractivity contribution is -0.113. The zero-order valence-corrected chi connectivity index (χ0v) is 19.7. The molecule has 170 valence electrons. The highest BCUT2D eigenvalue weighted by molar-refractivity contribution is 8.14. The van der Waals surface area contributed by atoms with Crippen LogP contribution in [0.2, 0.25) is 0 Å². The second kappa shape index (κ2) is 10.7. The molecule has 1 heterocycles. The molecular weight excluding hydrogens is 450 g/mol. The number of thioether (sulfide) groups is 1. The molecule has 2 aromatic carbocycles. The van der Waals surface area contributed by atoms with Gasteiger partial charge in [0.2, 0.25) is 10.0 Å². The third kappa shape index (κ3) is 6.35. The molecule has 1 N–H and O–H groups in total. The third-order valence-corrected chi connectivity index (χ3v) is 6.23. The van der Waals surface area contributed by atoms with Crippen molar-refractivity contribution in [3.05, 3.63) is 59.8 Å². The first kappa shape index (κ1) is 23.8. The highest BCUT2D eigenvalue weighted by Crippen LogP contribution is 2.31. The van der Waals surface area contributed by atoms with Crippen molar-refractivity contribution in [3.63, 3.8) is 0 Å². The number of carbonyl (C=O) groups excluding carboxylic acids is 1. The van der Waals surface area contributed by atoms with Gasteiger partial charge in [0, 0.05) is 18.4 Å². The van der Waals surface area contributed by atoms with Crippen LogP contribution in [-0.4, -0.2) is 52.3 Å². The number of carbonyl (C=O) groups is 1. The van der Waals surface area contributed by atoms with Gasteiger partial charge in [0.25, 0.3) is 5.91 Å². The number of sulfonamides is 1. The number of ether oxygens (including phenoxy) is 2. The predicted molar refractivity (Wildman–Crippen MR) is 129 cm³/mol. The summed E-state index contributed by atoms with van der Waals surface area (Å²) in [6.45, 7) is 0.320. The van der Waals surface area contributed by atoms with Crippen LogP contribution in [0, 0.1) is 0 Å². The first-order chi connectivity index (χ1) is 15.3. The van der Waals surface area contributed by atoms with E-state index in [1.54, 1.807) is 37.3 Å². The van der Waals surface area contributed by atoms with E-state index in [1.165, 1.54) is 11.8 Å². The van der Waals surface area contributed by atoms with E-state index in [4.69, 9.17) is 9.47 Å². The number of anilines is 1. The number of amides is 1. The van der Waals surface area contributed by atoms with Gasteiger partial charge < -0.3 is 9.47 Å². The van der Waals surface area contributed by atoms with E-state index in [-0.39, 0.29) is 5.91 Å². The number of nitrogens with zero attached hydrogens (tertiary/aromatic N) is 2. The van der Waals surface area contributed by atoms with Crippen molar-refractivity contribution < 1.29 is 22.7 Å². The normalized spacial score (nSPS) is 15.2. The summed E-state index contributed by atoms with van der Waals surface area (Å²) in [5.74, 6) is 1.70. The molecular formula is C22H25N3O5S2. The van der Waals surface area contributed by atoms with Gasteiger partial charge in [-0.1, -0.05) is 30.0 Å². The minimum atomic E-state index is -3.23. The number of methoxy groups -OCH3 is 2. The maximum absolute atomic E-state index is 13.2. The van der Waals surface area contributed by atoms with Crippen LogP contribution in [0.25, 0.3) is 6.08 Å². The largest absolute Gasteiger partial charge is 0.497 e. The van der Waals surface area contributed by atoms with Crippen LogP contribution in [-0.2, 0) is 14.8 Å². The van der Waals surface area contributed by atoms with E-state index in [0.717, 1.165) is 17.6 Å². The van der Waals surface area contributed by atoms with Crippen molar-refractivity contribution in [3.8, 4) is 11.5 Å². The summed E-state index contributed by atoms with van der Waals surface area (Å²) >= 11 is 1.39. The van der Waals surface area contributed by atoms with Gasteiger partial charge in [0.1, 0.15) is 17.2 Å². The summed E-state index contributed by atoms with van der Waals surface area (Å²) < 4.78 is 35.4. The summed E-state index contributed by atoms with van der Waals surface area (Å²) in [5, 5.41) is 0.530. The van der Waals surface area contributed by atoms with Crippen LogP contribution in [0.4, 0.5) is 5.69 Å². The second-order valence-corrected chi connectivity index (χ2v) is 9.80. The molecule has 1 aliphatic heterocycles. The highest BCUT2D eigenvalue weighted by atomic mass is 32.2. The number of aliphatic imine (C=N–C) groups is 1. The number of hydrogen-bond donors (Lipinski definition) is 1. The predicted octanol–water partition coefficient (Wildman–Crippen LogP) is 3.12. The Labute approximate surface area is 192 Å². The van der Waals surface area contributed by atoms with Crippen molar-refractivity contribution in [2.75, 3.05) is 37.7 Å². The molecule has 0 spiro atoms. The number of benzene rings is 2. The Morgan fingerprint density at radius 1 is 1.09 bits per heavy atom. The van der Waals surface area contributed by atoms with Crippen molar-refractivity contribution >= 4 is 44.6 Å². The first-order valence-corrected chi connectivity index (χ1v) is 12.7. The summed E-state index contributed by atoms with van der Waals surface area (Å²) in [5.41, 5.74) is 1.79. The van der Waals surface area contributed by atoms with Gasteiger partial charge in [-0.3, -0.25) is 9.69 Å². The van der Waals surface area contributed by atoms with Gasteiger partial charge in [0.15, 0.2) is 5.17 Å². The van der Waals surface area contributed by atoms with Crippen molar-refractivity contribution in [1.29, 1.82) is 0 Å². The molecule has 0 atom stereocenters. The van der Waals surface area contributed by atoms with Crippen molar-refractivity contribution in [2.24, 2.45) is 4.99 Å². The standard InChI is InChI=1S/C22H25N3O5S2/c1-29-18-10-8-16(9-11-18)14-20-21(26)25(17-6-4-7-19(15-17)30-2)22(24-20)31-13-5-12-23-32(3,27)28/h4,6-11,14-15,23H,5,12-13H2,1-3H3/b20-14-. The van der Waals surface area contributed by atoms with E-state index in [0.29, 0.717) is 41.0 Å². The van der Waals surface area contributed by atoms with Crippen LogP contribution in [0.1, 0.15) is 12.0 Å². The first-order valence-electron chi connectivity index (χ1n) is 9.81. The molecule has 10 heteroatoms. The average molecular weight is 476 g/mol. The molecule has 1 amide bonds. The molecule has 3 rings (SSSR count). The van der Waals surface area contributed by atoms with Gasteiger partial charge in [0.05, 0.1) is 26.2 Å². The molecule has 0 unspecified atom stereocenters. The molecule has 0 saturated heterocycles.